The quantitative estimate of drug-likeness (QED) is 0.607. The summed E-state index contributed by atoms with van der Waals surface area (Å²) in [5.41, 5.74) is 0. The molecule has 7 heteroatoms. The minimum Gasteiger partial charge on any atom is -0.870 e. The van der Waals surface area contributed by atoms with Gasteiger partial charge in [0, 0.05) is 17.9 Å². The zero-order valence-corrected chi connectivity index (χ0v) is 10.0. The van der Waals surface area contributed by atoms with Crippen molar-refractivity contribution in [2.45, 2.75) is 4.90 Å². The molecule has 0 aliphatic carbocycles. The van der Waals surface area contributed by atoms with Crippen LogP contribution >= 0.6 is 0 Å². The number of hydrogen-bond acceptors (Lipinski definition) is 4. The van der Waals surface area contributed by atoms with E-state index >= 15 is 0 Å². The van der Waals surface area contributed by atoms with Gasteiger partial charge in [0.25, 0.3) is 10.1 Å². The van der Waals surface area contributed by atoms with Crippen LogP contribution in [0.5, 0.6) is 11.5 Å². The predicted octanol–water partition coefficient (Wildman–Crippen LogP) is 1.11. The fourth-order valence-corrected chi connectivity index (χ4v) is 1.92. The van der Waals surface area contributed by atoms with Gasteiger partial charge in [0.2, 0.25) is 0 Å². The minimum absolute atomic E-state index is 0. The maximum absolute atomic E-state index is 11.1. The molecule has 0 aliphatic rings. The maximum Gasteiger partial charge on any atom is 0.294 e. The van der Waals surface area contributed by atoms with Crippen molar-refractivity contribution in [1.29, 1.82) is 0 Å². The molecule has 96 valence electrons. The van der Waals surface area contributed by atoms with Crippen molar-refractivity contribution >= 4 is 20.9 Å². The third-order valence-electron chi connectivity index (χ3n) is 2.19. The molecule has 0 atom stereocenters. The van der Waals surface area contributed by atoms with Gasteiger partial charge < -0.3 is 10.2 Å². The topological polar surface area (TPSA) is 97.7 Å². The molecule has 0 spiro atoms. The standard InChI is InChI=1S/C10H8O5S.Ni.H2/c11-9-4-6-1-2-8(16(13,14)15)3-7(6)5-10(9)12;;/h1-5,11-12H,(H,13,14,15);;1H/p-1. The molecule has 0 fully saturated rings. The van der Waals surface area contributed by atoms with Crippen LogP contribution in [0.1, 0.15) is 1.43 Å². The van der Waals surface area contributed by atoms with E-state index in [1.54, 1.807) is 0 Å². The van der Waals surface area contributed by atoms with Crippen molar-refractivity contribution in [1.82, 2.24) is 0 Å². The maximum atomic E-state index is 11.1. The van der Waals surface area contributed by atoms with E-state index in [2.05, 4.69) is 0 Å². The fraction of sp³-hybridized carbons (Fsp3) is 0. The third kappa shape index (κ3) is 2.69. The average Bonchev–Trinajstić information content (AvgIpc) is 2.17. The van der Waals surface area contributed by atoms with Crippen molar-refractivity contribution in [3.63, 3.8) is 0 Å². The van der Waals surface area contributed by atoms with E-state index in [0.717, 1.165) is 6.07 Å². The van der Waals surface area contributed by atoms with Gasteiger partial charge in [-0.3, -0.25) is 4.55 Å². The Hall–Kier alpha value is -1.30. The first kappa shape index (κ1) is 13.8. The molecule has 2 aromatic rings. The summed E-state index contributed by atoms with van der Waals surface area (Å²) in [7, 11) is -4.28. The molecule has 2 aromatic carbocycles. The molecule has 0 aliphatic heterocycles. The monoisotopic (exact) mass is 299 g/mol. The van der Waals surface area contributed by atoms with Gasteiger partial charge in [-0.1, -0.05) is 17.9 Å². The Balaban J connectivity index is 0.00000144. The van der Waals surface area contributed by atoms with Crippen molar-refractivity contribution in [2.24, 2.45) is 0 Å². The molecule has 0 aromatic heterocycles. The van der Waals surface area contributed by atoms with E-state index in [9.17, 15) is 18.6 Å². The van der Waals surface area contributed by atoms with Crippen LogP contribution in [0, 0.1) is 0 Å². The van der Waals surface area contributed by atoms with E-state index in [-0.39, 0.29) is 22.8 Å². The Labute approximate surface area is 109 Å². The first-order chi connectivity index (χ1) is 7.38. The van der Waals surface area contributed by atoms with Crippen molar-refractivity contribution in [3.8, 4) is 11.5 Å². The number of hydrogen-bond donors (Lipinski definition) is 2. The van der Waals surface area contributed by atoms with Gasteiger partial charge in [0.15, 0.2) is 0 Å². The summed E-state index contributed by atoms with van der Waals surface area (Å²) >= 11 is 0. The Kier molecular flexibility index (Phi) is 3.66. The van der Waals surface area contributed by atoms with E-state index < -0.39 is 21.6 Å². The minimum atomic E-state index is -4.28. The van der Waals surface area contributed by atoms with Crippen LogP contribution in [0.4, 0.5) is 0 Å². The number of aromatic hydroxyl groups is 1. The molecular formula is C10H9NiO5S-. The van der Waals surface area contributed by atoms with Gasteiger partial charge in [-0.25, -0.2) is 0 Å². The summed E-state index contributed by atoms with van der Waals surface area (Å²) in [6, 6.07) is 6.11. The Morgan fingerprint density at radius 3 is 2.35 bits per heavy atom. The van der Waals surface area contributed by atoms with Gasteiger partial charge in [-0.05, 0) is 29.0 Å². The fourth-order valence-electron chi connectivity index (χ4n) is 1.40. The first-order valence-electron chi connectivity index (χ1n) is 4.29. The number of rotatable bonds is 1. The molecule has 2 N–H and O–H groups in total. The molecular weight excluding hydrogens is 291 g/mol. The van der Waals surface area contributed by atoms with E-state index in [0.29, 0.717) is 10.8 Å². The zero-order valence-electron chi connectivity index (χ0n) is 8.23. The number of fused-ring (bicyclic) bond motifs is 1. The molecule has 0 heterocycles. The number of benzene rings is 2. The van der Waals surface area contributed by atoms with Crippen LogP contribution in [-0.2, 0) is 26.6 Å². The van der Waals surface area contributed by atoms with E-state index in [1.165, 1.54) is 24.3 Å². The van der Waals surface area contributed by atoms with Gasteiger partial charge in [-0.2, -0.15) is 8.42 Å². The van der Waals surface area contributed by atoms with Gasteiger partial charge >= 0.3 is 0 Å². The van der Waals surface area contributed by atoms with Crippen LogP contribution in [0.3, 0.4) is 0 Å². The Morgan fingerprint density at radius 1 is 1.12 bits per heavy atom. The number of phenolic OH excluding ortho intramolecular Hbond substituents is 1. The Bertz CT molecular complexity index is 671. The zero-order chi connectivity index (χ0) is 11.9. The van der Waals surface area contributed by atoms with Crippen LogP contribution in [0.15, 0.2) is 35.2 Å². The molecule has 0 unspecified atom stereocenters. The largest absolute Gasteiger partial charge is 0.870 e. The van der Waals surface area contributed by atoms with Gasteiger partial charge in [0.1, 0.15) is 5.75 Å². The SMILES string of the molecule is O=S(=O)(O)c1ccc2cc([O-])c(O)cc2c1.[HH].[Ni]. The second-order valence-electron chi connectivity index (χ2n) is 3.30. The molecule has 0 bridgehead atoms. The molecule has 5 nitrogen and oxygen atoms in total. The van der Waals surface area contributed by atoms with Crippen LogP contribution in [0.2, 0.25) is 0 Å². The molecule has 0 radical (unpaired) electrons. The number of phenols is 1. The van der Waals surface area contributed by atoms with Crippen molar-refractivity contribution in [2.75, 3.05) is 0 Å². The summed E-state index contributed by atoms with van der Waals surface area (Å²) in [4.78, 5) is -0.280. The Morgan fingerprint density at radius 2 is 1.76 bits per heavy atom. The smallest absolute Gasteiger partial charge is 0.294 e. The third-order valence-corrected chi connectivity index (χ3v) is 3.04. The van der Waals surface area contributed by atoms with Crippen molar-refractivity contribution < 1.29 is 41.1 Å². The predicted molar refractivity (Wildman–Crippen MR) is 57.0 cm³/mol. The summed E-state index contributed by atoms with van der Waals surface area (Å²) in [6.45, 7) is 0. The van der Waals surface area contributed by atoms with Crippen LogP contribution in [-0.4, -0.2) is 18.1 Å². The molecule has 0 saturated carbocycles. The van der Waals surface area contributed by atoms with Gasteiger partial charge in [-0.15, -0.1) is 0 Å². The van der Waals surface area contributed by atoms with E-state index in [1.807, 2.05) is 0 Å². The van der Waals surface area contributed by atoms with E-state index in [4.69, 9.17) is 4.55 Å². The summed E-state index contributed by atoms with van der Waals surface area (Å²) in [5.74, 6) is -0.993. The van der Waals surface area contributed by atoms with Crippen LogP contribution in [0.25, 0.3) is 10.8 Å². The van der Waals surface area contributed by atoms with Crippen molar-refractivity contribution in [3.05, 3.63) is 30.3 Å². The second kappa shape index (κ2) is 4.52. The summed E-state index contributed by atoms with van der Waals surface area (Å²) in [5, 5.41) is 21.1. The van der Waals surface area contributed by atoms with Gasteiger partial charge in [0.05, 0.1) is 4.90 Å². The normalized spacial score (nSPS) is 11.1. The summed E-state index contributed by atoms with van der Waals surface area (Å²) in [6.07, 6.45) is 0. The first-order valence-corrected chi connectivity index (χ1v) is 5.73. The van der Waals surface area contributed by atoms with Crippen LogP contribution < -0.4 is 5.11 Å². The molecule has 17 heavy (non-hydrogen) atoms. The molecule has 0 saturated heterocycles. The average molecular weight is 300 g/mol. The molecule has 0 amide bonds. The molecule has 2 rings (SSSR count). The second-order valence-corrected chi connectivity index (χ2v) is 4.73. The summed E-state index contributed by atoms with van der Waals surface area (Å²) < 4.78 is 30.5.